The monoisotopic (exact) mass is 315 g/mol. The van der Waals surface area contributed by atoms with Crippen LogP contribution in [0.15, 0.2) is 29.2 Å². The van der Waals surface area contributed by atoms with Crippen molar-refractivity contribution in [1.29, 1.82) is 0 Å². The highest BCUT2D eigenvalue weighted by molar-refractivity contribution is 7.99. The van der Waals surface area contributed by atoms with Crippen LogP contribution >= 0.6 is 23.4 Å². The lowest BCUT2D eigenvalue weighted by Gasteiger charge is -2.23. The van der Waals surface area contributed by atoms with Crippen LogP contribution in [0.1, 0.15) is 19.8 Å². The van der Waals surface area contributed by atoms with Crippen molar-refractivity contribution in [2.75, 3.05) is 12.8 Å². The normalized spacial score (nSPS) is 11.9. The van der Waals surface area contributed by atoms with E-state index in [2.05, 4.69) is 0 Å². The van der Waals surface area contributed by atoms with Gasteiger partial charge in [0, 0.05) is 29.1 Å². The summed E-state index contributed by atoms with van der Waals surface area (Å²) in [5, 5.41) is 9.69. The summed E-state index contributed by atoms with van der Waals surface area (Å²) >= 11 is 7.34. The number of hydrogen-bond acceptors (Lipinski definition) is 3. The summed E-state index contributed by atoms with van der Waals surface area (Å²) in [7, 11) is 1.54. The highest BCUT2D eigenvalue weighted by Crippen LogP contribution is 2.21. The minimum absolute atomic E-state index is 0.152. The minimum Gasteiger partial charge on any atom is -0.480 e. The zero-order valence-corrected chi connectivity index (χ0v) is 13.1. The fraction of sp³-hybridized carbons (Fsp3) is 0.429. The maximum atomic E-state index is 11.9. The number of hydrogen-bond donors (Lipinski definition) is 1. The van der Waals surface area contributed by atoms with Crippen LogP contribution in [-0.2, 0) is 9.59 Å². The van der Waals surface area contributed by atoms with E-state index >= 15 is 0 Å². The van der Waals surface area contributed by atoms with Crippen molar-refractivity contribution in [1.82, 2.24) is 4.90 Å². The first-order valence-electron chi connectivity index (χ1n) is 6.32. The number of carboxylic acids is 1. The van der Waals surface area contributed by atoms with Crippen molar-refractivity contribution in [3.8, 4) is 0 Å². The van der Waals surface area contributed by atoms with Gasteiger partial charge in [0.05, 0.1) is 0 Å². The van der Waals surface area contributed by atoms with Crippen molar-refractivity contribution in [2.45, 2.75) is 30.7 Å². The van der Waals surface area contributed by atoms with E-state index in [-0.39, 0.29) is 5.91 Å². The molecule has 1 atom stereocenters. The van der Waals surface area contributed by atoms with E-state index < -0.39 is 12.0 Å². The van der Waals surface area contributed by atoms with E-state index in [0.717, 1.165) is 4.90 Å². The molecule has 0 aliphatic rings. The van der Waals surface area contributed by atoms with Crippen molar-refractivity contribution >= 4 is 35.2 Å². The second-order valence-electron chi connectivity index (χ2n) is 4.32. The van der Waals surface area contributed by atoms with E-state index in [0.29, 0.717) is 23.6 Å². The maximum absolute atomic E-state index is 11.9. The Labute approximate surface area is 128 Å². The lowest BCUT2D eigenvalue weighted by atomic mass is 10.2. The molecule has 1 N–H and O–H groups in total. The predicted octanol–water partition coefficient (Wildman–Crippen LogP) is 3.14. The van der Waals surface area contributed by atoms with E-state index in [1.165, 1.54) is 11.9 Å². The Morgan fingerprint density at radius 1 is 1.35 bits per heavy atom. The topological polar surface area (TPSA) is 57.6 Å². The van der Waals surface area contributed by atoms with Crippen LogP contribution in [0.2, 0.25) is 5.02 Å². The third kappa shape index (κ3) is 5.06. The number of carbonyl (C=O) groups excluding carboxylic acids is 1. The summed E-state index contributed by atoms with van der Waals surface area (Å²) in [4.78, 5) is 25.3. The average Bonchev–Trinajstić information content (AvgIpc) is 2.41. The molecule has 0 saturated carbocycles. The molecule has 0 bridgehead atoms. The molecular formula is C14H18ClNO3S. The van der Waals surface area contributed by atoms with Gasteiger partial charge in [-0.2, -0.15) is 0 Å². The van der Waals surface area contributed by atoms with E-state index in [4.69, 9.17) is 16.7 Å². The van der Waals surface area contributed by atoms with Crippen LogP contribution in [0.3, 0.4) is 0 Å². The molecule has 0 radical (unpaired) electrons. The number of aliphatic carboxylic acids is 1. The summed E-state index contributed by atoms with van der Waals surface area (Å²) in [5.41, 5.74) is 0. The number of halogens is 1. The molecule has 0 spiro atoms. The third-order valence-electron chi connectivity index (χ3n) is 2.93. The number of benzene rings is 1. The van der Waals surface area contributed by atoms with E-state index in [1.807, 2.05) is 12.1 Å². The molecule has 1 aromatic carbocycles. The van der Waals surface area contributed by atoms with Gasteiger partial charge in [0.2, 0.25) is 5.91 Å². The fourth-order valence-corrected chi connectivity index (χ4v) is 2.72. The molecule has 4 nitrogen and oxygen atoms in total. The smallest absolute Gasteiger partial charge is 0.326 e. The lowest BCUT2D eigenvalue weighted by molar-refractivity contribution is -0.149. The number of nitrogens with zero attached hydrogens (tertiary/aromatic N) is 1. The summed E-state index contributed by atoms with van der Waals surface area (Å²) in [6.07, 6.45) is 0.718. The summed E-state index contributed by atoms with van der Waals surface area (Å²) in [5.74, 6) is -0.504. The molecule has 0 heterocycles. The molecule has 20 heavy (non-hydrogen) atoms. The standard InChI is InChI=1S/C14H18ClNO3S/c1-3-12(14(18)19)16(2)13(17)8-9-20-11-6-4-10(15)5-7-11/h4-7,12H,3,8-9H2,1-2H3,(H,18,19). The molecule has 0 saturated heterocycles. The Bertz CT molecular complexity index is 464. The van der Waals surface area contributed by atoms with Gasteiger partial charge in [-0.3, -0.25) is 4.79 Å². The highest BCUT2D eigenvalue weighted by Gasteiger charge is 2.24. The Hall–Kier alpha value is -1.20. The largest absolute Gasteiger partial charge is 0.480 e. The number of carboxylic acid groups (broad SMARTS) is 1. The fourth-order valence-electron chi connectivity index (χ4n) is 1.75. The van der Waals surface area contributed by atoms with Gasteiger partial charge in [-0.25, -0.2) is 4.79 Å². The molecule has 1 aromatic rings. The molecule has 110 valence electrons. The van der Waals surface area contributed by atoms with Gasteiger partial charge < -0.3 is 10.0 Å². The quantitative estimate of drug-likeness (QED) is 0.785. The van der Waals surface area contributed by atoms with E-state index in [1.54, 1.807) is 30.8 Å². The van der Waals surface area contributed by atoms with Gasteiger partial charge in [-0.05, 0) is 30.7 Å². The number of carbonyl (C=O) groups is 2. The van der Waals surface area contributed by atoms with Crippen molar-refractivity contribution in [2.24, 2.45) is 0 Å². The maximum Gasteiger partial charge on any atom is 0.326 e. The molecule has 0 fully saturated rings. The SMILES string of the molecule is CCC(C(=O)O)N(C)C(=O)CCSc1ccc(Cl)cc1. The number of likely N-dealkylation sites (N-methyl/N-ethyl adjacent to an activating group) is 1. The molecule has 6 heteroatoms. The Morgan fingerprint density at radius 2 is 1.95 bits per heavy atom. The van der Waals surface area contributed by atoms with Gasteiger partial charge in [-0.1, -0.05) is 18.5 Å². The van der Waals surface area contributed by atoms with Gasteiger partial charge in [-0.15, -0.1) is 11.8 Å². The Balaban J connectivity index is 2.43. The van der Waals surface area contributed by atoms with Gasteiger partial charge in [0.15, 0.2) is 0 Å². The first kappa shape index (κ1) is 16.9. The van der Waals surface area contributed by atoms with Crippen molar-refractivity contribution in [3.63, 3.8) is 0 Å². The first-order chi connectivity index (χ1) is 9.45. The van der Waals surface area contributed by atoms with Crippen LogP contribution in [0.25, 0.3) is 0 Å². The Kier molecular flexibility index (Phi) is 6.88. The van der Waals surface area contributed by atoms with Crippen LogP contribution in [0.5, 0.6) is 0 Å². The van der Waals surface area contributed by atoms with Crippen molar-refractivity contribution < 1.29 is 14.7 Å². The van der Waals surface area contributed by atoms with Crippen LogP contribution in [0.4, 0.5) is 0 Å². The molecule has 0 aliphatic carbocycles. The zero-order chi connectivity index (χ0) is 15.1. The predicted molar refractivity (Wildman–Crippen MR) is 81.3 cm³/mol. The molecule has 1 rings (SSSR count). The Morgan fingerprint density at radius 3 is 2.45 bits per heavy atom. The minimum atomic E-state index is -0.964. The number of amides is 1. The molecule has 0 aromatic heterocycles. The van der Waals surface area contributed by atoms with Crippen LogP contribution in [-0.4, -0.2) is 40.7 Å². The number of thioether (sulfide) groups is 1. The second kappa shape index (κ2) is 8.17. The van der Waals surface area contributed by atoms with Gasteiger partial charge in [0.25, 0.3) is 0 Å². The number of rotatable bonds is 7. The van der Waals surface area contributed by atoms with Gasteiger partial charge >= 0.3 is 5.97 Å². The first-order valence-corrected chi connectivity index (χ1v) is 7.69. The molecule has 1 unspecified atom stereocenters. The molecular weight excluding hydrogens is 298 g/mol. The summed E-state index contributed by atoms with van der Waals surface area (Å²) < 4.78 is 0. The molecule has 0 aliphatic heterocycles. The highest BCUT2D eigenvalue weighted by atomic mass is 35.5. The van der Waals surface area contributed by atoms with Crippen molar-refractivity contribution in [3.05, 3.63) is 29.3 Å². The third-order valence-corrected chi connectivity index (χ3v) is 4.20. The zero-order valence-electron chi connectivity index (χ0n) is 11.5. The van der Waals surface area contributed by atoms with Gasteiger partial charge in [0.1, 0.15) is 6.04 Å². The second-order valence-corrected chi connectivity index (χ2v) is 5.92. The van der Waals surface area contributed by atoms with Crippen LogP contribution in [0, 0.1) is 0 Å². The average molecular weight is 316 g/mol. The molecule has 1 amide bonds. The lowest BCUT2D eigenvalue weighted by Crippen LogP contribution is -2.42. The van der Waals surface area contributed by atoms with Crippen LogP contribution < -0.4 is 0 Å². The van der Waals surface area contributed by atoms with E-state index in [9.17, 15) is 9.59 Å². The summed E-state index contributed by atoms with van der Waals surface area (Å²) in [6.45, 7) is 1.75. The summed E-state index contributed by atoms with van der Waals surface area (Å²) in [6, 6.07) is 6.65.